The summed E-state index contributed by atoms with van der Waals surface area (Å²) in [4.78, 5) is 10.6. The van der Waals surface area contributed by atoms with Gasteiger partial charge in [-0.15, -0.1) is 0 Å². The van der Waals surface area contributed by atoms with Crippen molar-refractivity contribution in [3.63, 3.8) is 0 Å². The van der Waals surface area contributed by atoms with E-state index in [9.17, 15) is 9.00 Å². The van der Waals surface area contributed by atoms with Crippen LogP contribution in [0.2, 0.25) is 5.02 Å². The van der Waals surface area contributed by atoms with Gasteiger partial charge in [0.05, 0.1) is 16.3 Å². The number of aromatic carboxylic acids is 1. The van der Waals surface area contributed by atoms with Crippen LogP contribution < -0.4 is 0 Å². The first-order valence-corrected chi connectivity index (χ1v) is 5.25. The van der Waals surface area contributed by atoms with E-state index in [1.807, 2.05) is 0 Å². The second-order valence-corrected chi connectivity index (χ2v) is 3.92. The number of halogens is 1. The number of carboxylic acids is 1. The minimum Gasteiger partial charge on any atom is -0.478 e. The van der Waals surface area contributed by atoms with Crippen molar-refractivity contribution in [1.82, 2.24) is 0 Å². The predicted octanol–water partition coefficient (Wildman–Crippen LogP) is 1.76. The van der Waals surface area contributed by atoms with E-state index in [4.69, 9.17) is 21.3 Å². The van der Waals surface area contributed by atoms with Crippen LogP contribution in [-0.2, 0) is 16.8 Å². The lowest BCUT2D eigenvalue weighted by atomic mass is 10.1. The number of rotatable bonds is 3. The van der Waals surface area contributed by atoms with Gasteiger partial charge in [-0.25, -0.2) is 9.00 Å². The normalized spacial score (nSPS) is 12.4. The standard InChI is InChI=1S/C8H7ClO4S/c9-7-2-1-5(4-14(12)13)3-6(7)8(10)11/h1-3H,4H2,(H,10,11)(H,12,13). The van der Waals surface area contributed by atoms with Crippen molar-refractivity contribution in [2.75, 3.05) is 0 Å². The molecular formula is C8H7ClO4S. The molecule has 6 heteroatoms. The van der Waals surface area contributed by atoms with Crippen LogP contribution in [0.25, 0.3) is 0 Å². The minimum absolute atomic E-state index is 0.0605. The third-order valence-corrected chi connectivity index (χ3v) is 2.46. The van der Waals surface area contributed by atoms with Crippen LogP contribution in [0.15, 0.2) is 18.2 Å². The second-order valence-electron chi connectivity index (χ2n) is 2.59. The van der Waals surface area contributed by atoms with Crippen LogP contribution in [0, 0.1) is 0 Å². The minimum atomic E-state index is -1.98. The van der Waals surface area contributed by atoms with Gasteiger partial charge in [0, 0.05) is 0 Å². The van der Waals surface area contributed by atoms with Crippen LogP contribution in [0.1, 0.15) is 15.9 Å². The number of carboxylic acid groups (broad SMARTS) is 1. The smallest absolute Gasteiger partial charge is 0.337 e. The first-order chi connectivity index (χ1) is 6.50. The summed E-state index contributed by atoms with van der Waals surface area (Å²) in [7, 11) is 0. The molecule has 0 amide bonds. The van der Waals surface area contributed by atoms with Crippen LogP contribution in [-0.4, -0.2) is 19.8 Å². The van der Waals surface area contributed by atoms with Crippen molar-refractivity contribution in [2.45, 2.75) is 5.75 Å². The Morgan fingerprint density at radius 2 is 2.14 bits per heavy atom. The van der Waals surface area contributed by atoms with Crippen molar-refractivity contribution in [2.24, 2.45) is 0 Å². The van der Waals surface area contributed by atoms with Gasteiger partial charge in [0.15, 0.2) is 11.1 Å². The Hall–Kier alpha value is -0.910. The molecule has 1 aromatic rings. The summed E-state index contributed by atoms with van der Waals surface area (Å²) in [6.45, 7) is 0. The molecule has 0 aromatic heterocycles. The molecule has 1 rings (SSSR count). The average molecular weight is 235 g/mol. The van der Waals surface area contributed by atoms with Gasteiger partial charge < -0.3 is 9.66 Å². The zero-order chi connectivity index (χ0) is 10.7. The fraction of sp³-hybridized carbons (Fsp3) is 0.125. The van der Waals surface area contributed by atoms with Gasteiger partial charge in [0.1, 0.15) is 0 Å². The maximum absolute atomic E-state index is 10.6. The summed E-state index contributed by atoms with van der Waals surface area (Å²) in [5.74, 6) is -1.25. The molecule has 0 aliphatic carbocycles. The molecule has 1 aromatic carbocycles. The number of carbonyl (C=O) groups is 1. The van der Waals surface area contributed by atoms with E-state index in [0.29, 0.717) is 5.56 Å². The molecule has 0 aliphatic heterocycles. The molecule has 4 nitrogen and oxygen atoms in total. The average Bonchev–Trinajstić information content (AvgIpc) is 2.07. The summed E-state index contributed by atoms with van der Waals surface area (Å²) in [5, 5.41) is 8.82. The number of hydrogen-bond acceptors (Lipinski definition) is 2. The summed E-state index contributed by atoms with van der Waals surface area (Å²) < 4.78 is 19.1. The van der Waals surface area contributed by atoms with Gasteiger partial charge >= 0.3 is 5.97 Å². The highest BCUT2D eigenvalue weighted by Crippen LogP contribution is 2.18. The van der Waals surface area contributed by atoms with Gasteiger partial charge in [-0.3, -0.25) is 0 Å². The van der Waals surface area contributed by atoms with Gasteiger partial charge in [-0.05, 0) is 17.7 Å². The van der Waals surface area contributed by atoms with Crippen molar-refractivity contribution in [3.05, 3.63) is 34.3 Å². The van der Waals surface area contributed by atoms with Gasteiger partial charge in [-0.1, -0.05) is 17.7 Å². The predicted molar refractivity (Wildman–Crippen MR) is 52.9 cm³/mol. The van der Waals surface area contributed by atoms with Crippen LogP contribution in [0.3, 0.4) is 0 Å². The summed E-state index contributed by atoms with van der Waals surface area (Å²) >= 11 is 3.63. The molecule has 14 heavy (non-hydrogen) atoms. The molecule has 0 heterocycles. The quantitative estimate of drug-likeness (QED) is 0.782. The van der Waals surface area contributed by atoms with E-state index < -0.39 is 17.0 Å². The van der Waals surface area contributed by atoms with E-state index >= 15 is 0 Å². The Morgan fingerprint density at radius 3 is 2.64 bits per heavy atom. The molecule has 2 N–H and O–H groups in total. The van der Waals surface area contributed by atoms with Gasteiger partial charge in [0.25, 0.3) is 0 Å². The van der Waals surface area contributed by atoms with E-state index in [1.165, 1.54) is 18.2 Å². The molecule has 1 unspecified atom stereocenters. The highest BCUT2D eigenvalue weighted by Gasteiger charge is 2.09. The SMILES string of the molecule is O=C(O)c1cc(CS(=O)O)ccc1Cl. The maximum atomic E-state index is 10.6. The summed E-state index contributed by atoms with van der Waals surface area (Å²) in [5.41, 5.74) is 0.405. The lowest BCUT2D eigenvalue weighted by molar-refractivity contribution is 0.0697. The summed E-state index contributed by atoms with van der Waals surface area (Å²) in [6, 6.07) is 4.20. The Labute approximate surface area is 87.8 Å². The third-order valence-electron chi connectivity index (χ3n) is 1.55. The lowest BCUT2D eigenvalue weighted by Gasteiger charge is -2.01. The highest BCUT2D eigenvalue weighted by atomic mass is 35.5. The van der Waals surface area contributed by atoms with Gasteiger partial charge in [-0.2, -0.15) is 0 Å². The zero-order valence-electron chi connectivity index (χ0n) is 6.94. The zero-order valence-corrected chi connectivity index (χ0v) is 8.51. The molecule has 76 valence electrons. The fourth-order valence-corrected chi connectivity index (χ4v) is 1.63. The van der Waals surface area contributed by atoms with Crippen LogP contribution >= 0.6 is 11.6 Å². The first-order valence-electron chi connectivity index (χ1n) is 3.60. The Balaban J connectivity index is 3.06. The van der Waals surface area contributed by atoms with Gasteiger partial charge in [0.2, 0.25) is 0 Å². The second kappa shape index (κ2) is 4.54. The van der Waals surface area contributed by atoms with Crippen LogP contribution in [0.4, 0.5) is 0 Å². The van der Waals surface area contributed by atoms with E-state index in [-0.39, 0.29) is 16.3 Å². The molecule has 0 fully saturated rings. The molecule has 0 radical (unpaired) electrons. The monoisotopic (exact) mass is 234 g/mol. The highest BCUT2D eigenvalue weighted by molar-refractivity contribution is 7.78. The molecular weight excluding hydrogens is 228 g/mol. The molecule has 0 saturated heterocycles. The van der Waals surface area contributed by atoms with Crippen LogP contribution in [0.5, 0.6) is 0 Å². The van der Waals surface area contributed by atoms with Crippen molar-refractivity contribution in [1.29, 1.82) is 0 Å². The van der Waals surface area contributed by atoms with Crippen molar-refractivity contribution >= 4 is 28.7 Å². The van der Waals surface area contributed by atoms with E-state index in [2.05, 4.69) is 0 Å². The maximum Gasteiger partial charge on any atom is 0.337 e. The fourth-order valence-electron chi connectivity index (χ4n) is 0.969. The molecule has 0 bridgehead atoms. The van der Waals surface area contributed by atoms with E-state index in [1.54, 1.807) is 0 Å². The molecule has 0 aliphatic rings. The number of hydrogen-bond donors (Lipinski definition) is 2. The topological polar surface area (TPSA) is 74.6 Å². The Morgan fingerprint density at radius 1 is 1.50 bits per heavy atom. The van der Waals surface area contributed by atoms with Crippen molar-refractivity contribution < 1.29 is 18.7 Å². The molecule has 0 saturated carbocycles. The Kier molecular flexibility index (Phi) is 3.62. The number of benzene rings is 1. The van der Waals surface area contributed by atoms with E-state index in [0.717, 1.165) is 0 Å². The summed E-state index contributed by atoms with van der Waals surface area (Å²) in [6.07, 6.45) is 0. The third kappa shape index (κ3) is 2.80. The first kappa shape index (κ1) is 11.2. The van der Waals surface area contributed by atoms with Crippen molar-refractivity contribution in [3.8, 4) is 0 Å². The molecule has 0 spiro atoms. The largest absolute Gasteiger partial charge is 0.478 e. The lowest BCUT2D eigenvalue weighted by Crippen LogP contribution is -2.00. The molecule has 1 atom stereocenters. The Bertz CT molecular complexity index is 391.